The number of rotatable bonds is 6. The largest absolute Gasteiger partial charge is 0.462 e. The van der Waals surface area contributed by atoms with Crippen LogP contribution in [0.1, 0.15) is 27.2 Å². The van der Waals surface area contributed by atoms with Gasteiger partial charge in [-0.1, -0.05) is 30.7 Å². The van der Waals surface area contributed by atoms with Gasteiger partial charge in [-0.2, -0.15) is 0 Å². The van der Waals surface area contributed by atoms with E-state index in [0.29, 0.717) is 17.3 Å². The summed E-state index contributed by atoms with van der Waals surface area (Å²) in [5.74, 6) is -0.470. The van der Waals surface area contributed by atoms with E-state index in [-0.39, 0.29) is 5.57 Å². The van der Waals surface area contributed by atoms with Crippen LogP contribution in [0.2, 0.25) is 0 Å². The molecule has 0 aliphatic heterocycles. The van der Waals surface area contributed by atoms with Crippen molar-refractivity contribution < 1.29 is 9.53 Å². The third-order valence-corrected chi connectivity index (χ3v) is 2.28. The lowest BCUT2D eigenvalue weighted by atomic mass is 10.1. The van der Waals surface area contributed by atoms with Crippen LogP contribution in [0.5, 0.6) is 0 Å². The summed E-state index contributed by atoms with van der Waals surface area (Å²) >= 11 is 5.77. The first-order valence-corrected chi connectivity index (χ1v) is 6.13. The Balaban J connectivity index is 5.17. The molecule has 0 amide bonds. The molecule has 0 heterocycles. The highest BCUT2D eigenvalue weighted by Crippen LogP contribution is 2.12. The molecule has 0 atom stereocenters. The van der Waals surface area contributed by atoms with Crippen LogP contribution in [0.3, 0.4) is 0 Å². The zero-order chi connectivity index (χ0) is 14.0. The summed E-state index contributed by atoms with van der Waals surface area (Å²) in [6.07, 6.45) is 6.94. The standard InChI is InChI=1S/C13H19ClN2O2/c1-4-7-10(9-16-12(14)5-2)11(8-15)13(17)18-6-3/h5,7-9H,4,6,15H2,1-3H3/b10-7-,11-8+,12-5-,16-9-. The fraction of sp³-hybridized carbons (Fsp3) is 0.385. The van der Waals surface area contributed by atoms with Crippen molar-refractivity contribution >= 4 is 23.8 Å². The first-order chi connectivity index (χ1) is 8.60. The third-order valence-electron chi connectivity index (χ3n) is 1.96. The monoisotopic (exact) mass is 270 g/mol. The van der Waals surface area contributed by atoms with E-state index in [1.807, 2.05) is 13.0 Å². The first-order valence-electron chi connectivity index (χ1n) is 5.76. The van der Waals surface area contributed by atoms with Crippen molar-refractivity contribution in [2.75, 3.05) is 6.61 Å². The molecule has 0 radical (unpaired) electrons. The SMILES string of the molecule is C\C=C(Cl)/N=C\C(=C\CC)C(=C/N)\C(=O)OCC. The molecule has 5 heteroatoms. The van der Waals surface area contributed by atoms with Crippen molar-refractivity contribution in [3.8, 4) is 0 Å². The summed E-state index contributed by atoms with van der Waals surface area (Å²) in [5.41, 5.74) is 6.34. The molecule has 2 N–H and O–H groups in total. The average Bonchev–Trinajstić information content (AvgIpc) is 2.36. The number of ether oxygens (including phenoxy) is 1. The van der Waals surface area contributed by atoms with Gasteiger partial charge in [-0.15, -0.1) is 0 Å². The Hall–Kier alpha value is -1.55. The lowest BCUT2D eigenvalue weighted by molar-refractivity contribution is -0.138. The fourth-order valence-electron chi connectivity index (χ4n) is 1.15. The van der Waals surface area contributed by atoms with Crippen molar-refractivity contribution in [3.05, 3.63) is 34.7 Å². The number of hydrogen-bond acceptors (Lipinski definition) is 4. The van der Waals surface area contributed by atoms with Crippen LogP contribution < -0.4 is 5.73 Å². The van der Waals surface area contributed by atoms with Crippen LogP contribution in [0.25, 0.3) is 0 Å². The maximum Gasteiger partial charge on any atom is 0.340 e. The van der Waals surface area contributed by atoms with E-state index < -0.39 is 5.97 Å². The zero-order valence-corrected chi connectivity index (χ0v) is 11.7. The molecule has 0 saturated heterocycles. The van der Waals surface area contributed by atoms with Gasteiger partial charge in [0.1, 0.15) is 5.16 Å². The van der Waals surface area contributed by atoms with Crippen molar-refractivity contribution in [3.63, 3.8) is 0 Å². The third kappa shape index (κ3) is 5.68. The lowest BCUT2D eigenvalue weighted by Crippen LogP contribution is -2.12. The molecule has 0 bridgehead atoms. The molecule has 0 aliphatic rings. The zero-order valence-electron chi connectivity index (χ0n) is 10.9. The van der Waals surface area contributed by atoms with Crippen molar-refractivity contribution in [2.24, 2.45) is 10.7 Å². The van der Waals surface area contributed by atoms with Crippen LogP contribution in [0.4, 0.5) is 0 Å². The predicted molar refractivity (Wildman–Crippen MR) is 75.4 cm³/mol. The summed E-state index contributed by atoms with van der Waals surface area (Å²) in [6.45, 7) is 5.75. The van der Waals surface area contributed by atoms with Gasteiger partial charge >= 0.3 is 5.97 Å². The normalized spacial score (nSPS) is 14.1. The molecule has 0 spiro atoms. The second-order valence-corrected chi connectivity index (χ2v) is 3.63. The molecule has 0 fully saturated rings. The number of allylic oxidation sites excluding steroid dienone is 2. The summed E-state index contributed by atoms with van der Waals surface area (Å²) in [5, 5.41) is 0.345. The van der Waals surface area contributed by atoms with E-state index in [0.717, 1.165) is 6.42 Å². The maximum atomic E-state index is 11.7. The van der Waals surface area contributed by atoms with Gasteiger partial charge in [0, 0.05) is 18.0 Å². The van der Waals surface area contributed by atoms with Crippen LogP contribution in [-0.2, 0) is 9.53 Å². The molecule has 18 heavy (non-hydrogen) atoms. The summed E-state index contributed by atoms with van der Waals surface area (Å²) in [7, 11) is 0. The highest BCUT2D eigenvalue weighted by atomic mass is 35.5. The van der Waals surface area contributed by atoms with Crippen molar-refractivity contribution in [1.29, 1.82) is 0 Å². The molecule has 0 saturated carbocycles. The van der Waals surface area contributed by atoms with Crippen LogP contribution in [0, 0.1) is 0 Å². The Labute approximate surface area is 113 Å². The molecule has 0 unspecified atom stereocenters. The van der Waals surface area contributed by atoms with E-state index in [9.17, 15) is 4.79 Å². The minimum atomic E-state index is -0.470. The number of nitrogens with zero attached hydrogens (tertiary/aromatic N) is 1. The quantitative estimate of drug-likeness (QED) is 0.265. The Morgan fingerprint density at radius 2 is 2.11 bits per heavy atom. The second-order valence-electron chi connectivity index (χ2n) is 3.24. The number of nitrogens with two attached hydrogens (primary N) is 1. The van der Waals surface area contributed by atoms with Gasteiger partial charge in [0.25, 0.3) is 0 Å². The molecular weight excluding hydrogens is 252 g/mol. The molecule has 0 rings (SSSR count). The Bertz CT molecular complexity index is 396. The van der Waals surface area contributed by atoms with Gasteiger partial charge in [0.05, 0.1) is 12.2 Å². The Morgan fingerprint density at radius 1 is 1.44 bits per heavy atom. The number of aliphatic imine (C=N–C) groups is 1. The number of halogens is 1. The minimum absolute atomic E-state index is 0.281. The average molecular weight is 271 g/mol. The first kappa shape index (κ1) is 16.4. The van der Waals surface area contributed by atoms with Crippen LogP contribution in [0.15, 0.2) is 39.6 Å². The van der Waals surface area contributed by atoms with Crippen molar-refractivity contribution in [2.45, 2.75) is 27.2 Å². The molecule has 4 nitrogen and oxygen atoms in total. The van der Waals surface area contributed by atoms with E-state index in [2.05, 4.69) is 4.99 Å². The molecule has 0 aromatic carbocycles. The Morgan fingerprint density at radius 3 is 2.56 bits per heavy atom. The van der Waals surface area contributed by atoms with Gasteiger partial charge in [-0.05, 0) is 20.3 Å². The van der Waals surface area contributed by atoms with E-state index in [1.54, 1.807) is 19.9 Å². The highest BCUT2D eigenvalue weighted by molar-refractivity contribution is 6.29. The lowest BCUT2D eigenvalue weighted by Gasteiger charge is -2.06. The van der Waals surface area contributed by atoms with E-state index in [4.69, 9.17) is 22.1 Å². The van der Waals surface area contributed by atoms with Gasteiger partial charge in [0.2, 0.25) is 0 Å². The van der Waals surface area contributed by atoms with E-state index in [1.165, 1.54) is 12.4 Å². The molecule has 0 aliphatic carbocycles. The number of carbonyl (C=O) groups excluding carboxylic acids is 1. The smallest absolute Gasteiger partial charge is 0.340 e. The summed E-state index contributed by atoms with van der Waals surface area (Å²) < 4.78 is 4.92. The topological polar surface area (TPSA) is 64.7 Å². The summed E-state index contributed by atoms with van der Waals surface area (Å²) in [4.78, 5) is 15.7. The van der Waals surface area contributed by atoms with Gasteiger partial charge in [-0.25, -0.2) is 9.79 Å². The second kappa shape index (κ2) is 9.48. The minimum Gasteiger partial charge on any atom is -0.462 e. The molecular formula is C13H19ClN2O2. The summed E-state index contributed by atoms with van der Waals surface area (Å²) in [6, 6.07) is 0. The fourth-order valence-corrected chi connectivity index (χ4v) is 1.20. The van der Waals surface area contributed by atoms with Crippen LogP contribution in [-0.4, -0.2) is 18.8 Å². The van der Waals surface area contributed by atoms with Gasteiger partial charge in [-0.3, -0.25) is 0 Å². The number of esters is 1. The highest BCUT2D eigenvalue weighted by Gasteiger charge is 2.13. The Kier molecular flexibility index (Phi) is 8.66. The number of carbonyl (C=O) groups is 1. The maximum absolute atomic E-state index is 11.7. The number of hydrogen-bond donors (Lipinski definition) is 1. The predicted octanol–water partition coefficient (Wildman–Crippen LogP) is 2.90. The van der Waals surface area contributed by atoms with E-state index >= 15 is 0 Å². The van der Waals surface area contributed by atoms with Gasteiger partial charge in [0.15, 0.2) is 0 Å². The molecule has 0 aromatic heterocycles. The van der Waals surface area contributed by atoms with Crippen LogP contribution >= 0.6 is 11.6 Å². The van der Waals surface area contributed by atoms with Gasteiger partial charge < -0.3 is 10.5 Å². The molecule has 100 valence electrons. The van der Waals surface area contributed by atoms with Crippen molar-refractivity contribution in [1.82, 2.24) is 0 Å². The molecule has 0 aromatic rings.